The summed E-state index contributed by atoms with van der Waals surface area (Å²) in [5, 5.41) is 102. The maximum Gasteiger partial charge on any atom is 0.229 e. The van der Waals surface area contributed by atoms with Crippen LogP contribution in [0.25, 0.3) is 22.6 Å². The Morgan fingerprint density at radius 2 is 1.43 bits per heavy atom. The van der Waals surface area contributed by atoms with E-state index in [4.69, 9.17) is 23.4 Å². The van der Waals surface area contributed by atoms with Gasteiger partial charge in [0.25, 0.3) is 0 Å². The van der Waals surface area contributed by atoms with Gasteiger partial charge in [-0.25, -0.2) is 0 Å². The van der Waals surface area contributed by atoms with Gasteiger partial charge >= 0.3 is 0 Å². The van der Waals surface area contributed by atoms with E-state index in [0.717, 1.165) is 24.3 Å². The quantitative estimate of drug-likeness (QED) is 0.139. The molecule has 10 N–H and O–H groups in total. The van der Waals surface area contributed by atoms with E-state index in [2.05, 4.69) is 0 Å². The lowest BCUT2D eigenvalue weighted by Gasteiger charge is -2.45. The Kier molecular flexibility index (Phi) is 9.81. The van der Waals surface area contributed by atoms with Crippen molar-refractivity contribution in [2.75, 3.05) is 6.61 Å². The molecule has 0 amide bonds. The van der Waals surface area contributed by atoms with Crippen LogP contribution in [0.5, 0.6) is 28.7 Å². The van der Waals surface area contributed by atoms with E-state index in [1.54, 1.807) is 0 Å². The fraction of sp³-hybridized carbons (Fsp3) is 0.444. The number of benzene rings is 2. The second-order valence-corrected chi connectivity index (χ2v) is 10.3. The van der Waals surface area contributed by atoms with Gasteiger partial charge in [-0.15, -0.1) is 12.4 Å². The monoisotopic (exact) mass is 646 g/mol. The molecule has 0 saturated carbocycles. The molecule has 3 aliphatic heterocycles. The van der Waals surface area contributed by atoms with Gasteiger partial charge in [-0.05, 0) is 25.1 Å². The van der Waals surface area contributed by atoms with Crippen LogP contribution in [-0.2, 0) is 14.2 Å². The van der Waals surface area contributed by atoms with Crippen molar-refractivity contribution in [2.45, 2.75) is 68.3 Å². The smallest absolute Gasteiger partial charge is 0.229 e. The Morgan fingerprint density at radius 1 is 0.773 bits per heavy atom. The zero-order chi connectivity index (χ0) is 31.3. The number of aliphatic hydroxyl groups excluding tert-OH is 6. The highest BCUT2D eigenvalue weighted by molar-refractivity contribution is 5.85. The SMILES string of the molecule is C[C@@H]1O[C@@H](O[C@H]2[C@H](Oc3cc4c(O)cc(=O)cc-4oc3-c3cc(O)c(O)c(O)c3)O[C@H](CO)[C@@H](O)[C@@H]2O)[C@H](O)[C@H](O)[C@H]1O.Cl. The maximum atomic E-state index is 12.0. The first-order valence-electron chi connectivity index (χ1n) is 13.0. The lowest BCUT2D eigenvalue weighted by molar-refractivity contribution is -0.354. The van der Waals surface area contributed by atoms with E-state index < -0.39 is 96.4 Å². The summed E-state index contributed by atoms with van der Waals surface area (Å²) >= 11 is 0. The predicted octanol–water partition coefficient (Wildman–Crippen LogP) is -1.31. The van der Waals surface area contributed by atoms with E-state index >= 15 is 0 Å². The summed E-state index contributed by atoms with van der Waals surface area (Å²) in [4.78, 5) is 12.0. The van der Waals surface area contributed by atoms with Crippen LogP contribution >= 0.6 is 12.4 Å². The average molecular weight is 647 g/mol. The molecular weight excluding hydrogens is 616 g/mol. The number of phenols is 4. The molecule has 2 saturated heterocycles. The number of hydrogen-bond acceptors (Lipinski definition) is 16. The zero-order valence-electron chi connectivity index (χ0n) is 22.7. The van der Waals surface area contributed by atoms with Crippen molar-refractivity contribution in [3.8, 4) is 51.4 Å². The molecule has 0 spiro atoms. The van der Waals surface area contributed by atoms with Gasteiger partial charge < -0.3 is 74.4 Å². The molecule has 0 unspecified atom stereocenters. The Bertz CT molecular complexity index is 1470. The lowest BCUT2D eigenvalue weighted by Crippen LogP contribution is -2.64. The first kappa shape index (κ1) is 33.5. The second kappa shape index (κ2) is 12.9. The van der Waals surface area contributed by atoms with Crippen molar-refractivity contribution in [3.05, 3.63) is 40.6 Å². The minimum absolute atomic E-state index is 0. The molecule has 10 atom stereocenters. The highest BCUT2D eigenvalue weighted by atomic mass is 35.5. The normalized spacial score (nSPS) is 32.2. The first-order chi connectivity index (χ1) is 20.3. The molecule has 0 bridgehead atoms. The van der Waals surface area contributed by atoms with Crippen molar-refractivity contribution < 1.29 is 74.4 Å². The third-order valence-corrected chi connectivity index (χ3v) is 7.30. The van der Waals surface area contributed by atoms with Gasteiger partial charge in [0.2, 0.25) is 6.29 Å². The molecule has 0 aromatic heterocycles. The average Bonchev–Trinajstić information content (AvgIpc) is 2.96. The fourth-order valence-electron chi connectivity index (χ4n) is 4.90. The van der Waals surface area contributed by atoms with Gasteiger partial charge in [-0.3, -0.25) is 4.79 Å². The molecule has 2 fully saturated rings. The van der Waals surface area contributed by atoms with E-state index in [-0.39, 0.29) is 40.8 Å². The van der Waals surface area contributed by atoms with Gasteiger partial charge in [0.1, 0.15) is 48.1 Å². The molecule has 0 radical (unpaired) electrons. The van der Waals surface area contributed by atoms with E-state index in [1.807, 2.05) is 0 Å². The van der Waals surface area contributed by atoms with E-state index in [9.17, 15) is 55.9 Å². The van der Waals surface area contributed by atoms with Crippen molar-refractivity contribution in [1.82, 2.24) is 0 Å². The number of fused-ring (bicyclic) bond motifs is 1. The number of aromatic hydroxyl groups is 4. The molecule has 44 heavy (non-hydrogen) atoms. The summed E-state index contributed by atoms with van der Waals surface area (Å²) in [6.07, 6.45) is -16.2. The number of hydrogen-bond donors (Lipinski definition) is 10. The number of rotatable bonds is 6. The first-order valence-corrected chi connectivity index (χ1v) is 13.0. The van der Waals surface area contributed by atoms with Crippen LogP contribution in [0.1, 0.15) is 6.92 Å². The van der Waals surface area contributed by atoms with Crippen LogP contribution in [-0.4, -0.2) is 119 Å². The third kappa shape index (κ3) is 6.09. The van der Waals surface area contributed by atoms with Crippen LogP contribution in [0.15, 0.2) is 39.5 Å². The second-order valence-electron chi connectivity index (χ2n) is 10.3. The fourth-order valence-corrected chi connectivity index (χ4v) is 4.90. The summed E-state index contributed by atoms with van der Waals surface area (Å²) in [6, 6.07) is 5.09. The highest BCUT2D eigenvalue weighted by Gasteiger charge is 2.51. The summed E-state index contributed by atoms with van der Waals surface area (Å²) in [6.45, 7) is 0.594. The Morgan fingerprint density at radius 3 is 2.07 bits per heavy atom. The van der Waals surface area contributed by atoms with Crippen LogP contribution in [0.3, 0.4) is 0 Å². The van der Waals surface area contributed by atoms with Crippen molar-refractivity contribution in [1.29, 1.82) is 0 Å². The molecule has 1 aromatic rings. The predicted molar refractivity (Wildman–Crippen MR) is 147 cm³/mol. The molecule has 16 nitrogen and oxygen atoms in total. The van der Waals surface area contributed by atoms with E-state index in [0.29, 0.717) is 0 Å². The Balaban J connectivity index is 0.00000442. The summed E-state index contributed by atoms with van der Waals surface area (Å²) < 4.78 is 28.6. The standard InChI is InChI=1S/C27H30O16.ClH/c1-8-18(33)21(36)23(38)26(39-8)43-25-22(37)20(35)17(7-28)42-27(25)41-16-6-11-12(30)4-10(29)5-15(11)40-24(16)9-2-13(31)19(34)14(32)3-9;/h2-6,8,17-18,20-23,25-28,30-38H,7H2,1H3;1H/t8-,17+,18-,20+,21+,22-,23+,25+,26-,27+;/m0./s1. The molecular formula is C27H31ClO16. The minimum Gasteiger partial charge on any atom is -0.507 e. The number of halogens is 1. The summed E-state index contributed by atoms with van der Waals surface area (Å²) in [5.74, 6) is -3.65. The molecule has 3 heterocycles. The van der Waals surface area contributed by atoms with E-state index in [1.165, 1.54) is 13.0 Å². The molecule has 4 aliphatic rings. The Hall–Kier alpha value is -3.42. The van der Waals surface area contributed by atoms with Crippen LogP contribution in [0, 0.1) is 0 Å². The number of phenolic OH excluding ortho intramolecular Hbond substituents is 4. The van der Waals surface area contributed by atoms with Gasteiger partial charge in [0.05, 0.1) is 18.3 Å². The number of ether oxygens (including phenoxy) is 4. The highest BCUT2D eigenvalue weighted by Crippen LogP contribution is 2.45. The Labute approximate surface area is 253 Å². The van der Waals surface area contributed by atoms with Gasteiger partial charge in [0, 0.05) is 17.7 Å². The summed E-state index contributed by atoms with van der Waals surface area (Å²) in [5.41, 5.74) is -0.774. The van der Waals surface area contributed by atoms with Gasteiger partial charge in [-0.2, -0.15) is 0 Å². The van der Waals surface area contributed by atoms with Crippen molar-refractivity contribution >= 4 is 12.4 Å². The minimum atomic E-state index is -1.86. The van der Waals surface area contributed by atoms with Gasteiger partial charge in [-0.1, -0.05) is 0 Å². The zero-order valence-corrected chi connectivity index (χ0v) is 23.5. The molecule has 242 valence electrons. The molecule has 1 aliphatic carbocycles. The number of aliphatic hydroxyl groups is 6. The van der Waals surface area contributed by atoms with Crippen molar-refractivity contribution in [2.24, 2.45) is 0 Å². The van der Waals surface area contributed by atoms with Crippen LogP contribution in [0.2, 0.25) is 0 Å². The lowest BCUT2D eigenvalue weighted by atomic mass is 9.97. The summed E-state index contributed by atoms with van der Waals surface area (Å²) in [7, 11) is 0. The van der Waals surface area contributed by atoms with Crippen molar-refractivity contribution in [3.63, 3.8) is 0 Å². The largest absolute Gasteiger partial charge is 0.507 e. The molecule has 5 rings (SSSR count). The molecule has 17 heteroatoms. The van der Waals surface area contributed by atoms with Gasteiger partial charge in [0.15, 0.2) is 46.6 Å². The third-order valence-electron chi connectivity index (χ3n) is 7.30. The topological polar surface area (TPSA) is 269 Å². The molecule has 1 aromatic carbocycles. The van der Waals surface area contributed by atoms with Crippen LogP contribution < -0.4 is 10.2 Å². The van der Waals surface area contributed by atoms with Crippen LogP contribution in [0.4, 0.5) is 0 Å². The maximum absolute atomic E-state index is 12.0.